The van der Waals surface area contributed by atoms with Crippen LogP contribution in [0.15, 0.2) is 6.07 Å². The van der Waals surface area contributed by atoms with E-state index in [2.05, 4.69) is 16.0 Å². The number of hydrogen-bond donors (Lipinski definition) is 0. The summed E-state index contributed by atoms with van der Waals surface area (Å²) in [5.74, 6) is 2.47. The van der Waals surface area contributed by atoms with E-state index in [1.165, 1.54) is 0 Å². The molecule has 1 aromatic rings. The minimum Gasteiger partial charge on any atom is -0.378 e. The molecule has 0 unspecified atom stereocenters. The van der Waals surface area contributed by atoms with E-state index >= 15 is 0 Å². The topological polar surface area (TPSA) is 58.6 Å². The first kappa shape index (κ1) is 15.2. The molecule has 120 valence electrons. The predicted octanol–water partition coefficient (Wildman–Crippen LogP) is 1.35. The highest BCUT2D eigenvalue weighted by atomic mass is 16.5. The van der Waals surface area contributed by atoms with Gasteiger partial charge in [-0.2, -0.15) is 0 Å². The van der Waals surface area contributed by atoms with Crippen LogP contribution in [0.2, 0.25) is 0 Å². The molecule has 2 saturated heterocycles. The van der Waals surface area contributed by atoms with Gasteiger partial charge in [0.05, 0.1) is 13.2 Å². The molecule has 0 saturated carbocycles. The van der Waals surface area contributed by atoms with Gasteiger partial charge in [-0.15, -0.1) is 0 Å². The first-order valence-corrected chi connectivity index (χ1v) is 8.07. The quantitative estimate of drug-likeness (QED) is 0.825. The number of aryl methyl sites for hydroxylation is 1. The summed E-state index contributed by atoms with van der Waals surface area (Å²) in [5, 5.41) is 0. The molecule has 0 bridgehead atoms. The number of rotatable bonds is 2. The lowest BCUT2D eigenvalue weighted by Gasteiger charge is -2.32. The van der Waals surface area contributed by atoms with Crippen molar-refractivity contribution < 1.29 is 9.53 Å². The maximum atomic E-state index is 11.4. The predicted molar refractivity (Wildman–Crippen MR) is 84.0 cm³/mol. The lowest BCUT2D eigenvalue weighted by molar-refractivity contribution is -0.129. The molecule has 22 heavy (non-hydrogen) atoms. The normalized spacial score (nSPS) is 20.3. The summed E-state index contributed by atoms with van der Waals surface area (Å²) >= 11 is 0. The Morgan fingerprint density at radius 1 is 1.18 bits per heavy atom. The maximum absolute atomic E-state index is 11.4. The smallest absolute Gasteiger partial charge is 0.219 e. The van der Waals surface area contributed by atoms with Gasteiger partial charge in [0.25, 0.3) is 0 Å². The number of carbonyl (C=O) groups is 1. The van der Waals surface area contributed by atoms with Crippen LogP contribution in [-0.2, 0) is 9.53 Å². The molecule has 0 N–H and O–H groups in total. The molecule has 1 amide bonds. The number of carbonyl (C=O) groups excluding carboxylic acids is 1. The van der Waals surface area contributed by atoms with Crippen molar-refractivity contribution in [2.45, 2.75) is 32.6 Å². The van der Waals surface area contributed by atoms with Crippen LogP contribution in [0, 0.1) is 6.92 Å². The summed E-state index contributed by atoms with van der Waals surface area (Å²) < 4.78 is 5.41. The number of amides is 1. The van der Waals surface area contributed by atoms with Gasteiger partial charge < -0.3 is 14.5 Å². The molecule has 0 radical (unpaired) electrons. The first-order chi connectivity index (χ1) is 10.6. The Kier molecular flexibility index (Phi) is 4.57. The Hall–Kier alpha value is -1.69. The third-order valence-electron chi connectivity index (χ3n) is 4.50. The van der Waals surface area contributed by atoms with Crippen LogP contribution >= 0.6 is 0 Å². The zero-order valence-electron chi connectivity index (χ0n) is 13.4. The van der Waals surface area contributed by atoms with Crippen molar-refractivity contribution >= 4 is 11.7 Å². The molecule has 6 heteroatoms. The highest BCUT2D eigenvalue weighted by Gasteiger charge is 2.25. The molecule has 2 fully saturated rings. The summed E-state index contributed by atoms with van der Waals surface area (Å²) in [6.07, 6.45) is 1.90. The monoisotopic (exact) mass is 304 g/mol. The Labute approximate surface area is 131 Å². The maximum Gasteiger partial charge on any atom is 0.219 e. The molecule has 0 spiro atoms. The number of hydrogen-bond acceptors (Lipinski definition) is 5. The fraction of sp³-hybridized carbons (Fsp3) is 0.688. The van der Waals surface area contributed by atoms with Gasteiger partial charge in [-0.25, -0.2) is 9.97 Å². The lowest BCUT2D eigenvalue weighted by atomic mass is 9.96. The second-order valence-corrected chi connectivity index (χ2v) is 6.11. The van der Waals surface area contributed by atoms with Crippen molar-refractivity contribution in [1.82, 2.24) is 14.9 Å². The Morgan fingerprint density at radius 2 is 1.86 bits per heavy atom. The standard InChI is InChI=1S/C16H24N4O2/c1-12-11-15(20-7-9-22-10-8-20)18-16(17-12)14-3-5-19(6-4-14)13(2)21/h11,14H,3-10H2,1-2H3. The number of piperidine rings is 1. The second-order valence-electron chi connectivity index (χ2n) is 6.11. The fourth-order valence-corrected chi connectivity index (χ4v) is 3.16. The van der Waals surface area contributed by atoms with Crippen LogP contribution in [0.25, 0.3) is 0 Å². The Bertz CT molecular complexity index is 535. The summed E-state index contributed by atoms with van der Waals surface area (Å²) in [6, 6.07) is 2.06. The van der Waals surface area contributed by atoms with Crippen molar-refractivity contribution in [3.63, 3.8) is 0 Å². The van der Waals surface area contributed by atoms with Gasteiger partial charge in [0.15, 0.2) is 0 Å². The third kappa shape index (κ3) is 3.38. The molecular weight excluding hydrogens is 280 g/mol. The molecule has 2 aliphatic heterocycles. The van der Waals surface area contributed by atoms with Crippen LogP contribution in [-0.4, -0.2) is 60.2 Å². The number of anilines is 1. The number of nitrogens with zero attached hydrogens (tertiary/aromatic N) is 4. The number of aromatic nitrogens is 2. The number of likely N-dealkylation sites (tertiary alicyclic amines) is 1. The highest BCUT2D eigenvalue weighted by molar-refractivity contribution is 5.73. The van der Waals surface area contributed by atoms with Gasteiger partial charge in [-0.1, -0.05) is 0 Å². The van der Waals surface area contributed by atoms with E-state index in [4.69, 9.17) is 9.72 Å². The van der Waals surface area contributed by atoms with Gasteiger partial charge in [0.1, 0.15) is 11.6 Å². The van der Waals surface area contributed by atoms with E-state index in [0.717, 1.165) is 69.6 Å². The first-order valence-electron chi connectivity index (χ1n) is 8.07. The molecule has 0 aliphatic carbocycles. The average molecular weight is 304 g/mol. The van der Waals surface area contributed by atoms with E-state index in [9.17, 15) is 4.79 Å². The molecular formula is C16H24N4O2. The third-order valence-corrected chi connectivity index (χ3v) is 4.50. The van der Waals surface area contributed by atoms with Crippen molar-refractivity contribution in [3.8, 4) is 0 Å². The average Bonchev–Trinajstić information content (AvgIpc) is 2.55. The van der Waals surface area contributed by atoms with Gasteiger partial charge in [0, 0.05) is 50.8 Å². The fourth-order valence-electron chi connectivity index (χ4n) is 3.16. The van der Waals surface area contributed by atoms with Gasteiger partial charge in [-0.05, 0) is 19.8 Å². The zero-order valence-corrected chi connectivity index (χ0v) is 13.4. The summed E-state index contributed by atoms with van der Waals surface area (Å²) in [6.45, 7) is 8.58. The van der Waals surface area contributed by atoms with Crippen LogP contribution in [0.1, 0.15) is 37.2 Å². The van der Waals surface area contributed by atoms with E-state index in [1.54, 1.807) is 6.92 Å². The number of morpholine rings is 1. The number of ether oxygens (including phenoxy) is 1. The molecule has 0 atom stereocenters. The van der Waals surface area contributed by atoms with Crippen molar-refractivity contribution in [2.75, 3.05) is 44.3 Å². The van der Waals surface area contributed by atoms with Crippen LogP contribution in [0.5, 0.6) is 0 Å². The molecule has 2 aliphatic rings. The summed E-state index contributed by atoms with van der Waals surface area (Å²) in [4.78, 5) is 25.1. The SMILES string of the molecule is CC(=O)N1CCC(c2nc(C)cc(N3CCOCC3)n2)CC1. The molecule has 3 rings (SSSR count). The largest absolute Gasteiger partial charge is 0.378 e. The zero-order chi connectivity index (χ0) is 15.5. The summed E-state index contributed by atoms with van der Waals surface area (Å²) in [7, 11) is 0. The van der Waals surface area contributed by atoms with Crippen molar-refractivity contribution in [2.24, 2.45) is 0 Å². The minimum atomic E-state index is 0.164. The second kappa shape index (κ2) is 6.60. The molecule has 3 heterocycles. The minimum absolute atomic E-state index is 0.164. The van der Waals surface area contributed by atoms with E-state index in [-0.39, 0.29) is 5.91 Å². The van der Waals surface area contributed by atoms with E-state index in [1.807, 2.05) is 11.8 Å². The van der Waals surface area contributed by atoms with E-state index in [0.29, 0.717) is 5.92 Å². The van der Waals surface area contributed by atoms with Crippen LogP contribution < -0.4 is 4.90 Å². The van der Waals surface area contributed by atoms with E-state index < -0.39 is 0 Å². The molecule has 1 aromatic heterocycles. The van der Waals surface area contributed by atoms with Crippen LogP contribution in [0.3, 0.4) is 0 Å². The van der Waals surface area contributed by atoms with Crippen molar-refractivity contribution in [3.05, 3.63) is 17.6 Å². The van der Waals surface area contributed by atoms with Gasteiger partial charge >= 0.3 is 0 Å². The lowest BCUT2D eigenvalue weighted by Crippen LogP contribution is -2.38. The Morgan fingerprint density at radius 3 is 2.50 bits per heavy atom. The van der Waals surface area contributed by atoms with Crippen LogP contribution in [0.4, 0.5) is 5.82 Å². The molecule has 0 aromatic carbocycles. The molecule has 6 nitrogen and oxygen atoms in total. The summed E-state index contributed by atoms with van der Waals surface area (Å²) in [5.41, 5.74) is 1.01. The van der Waals surface area contributed by atoms with Gasteiger partial charge in [0.2, 0.25) is 5.91 Å². The van der Waals surface area contributed by atoms with Crippen molar-refractivity contribution in [1.29, 1.82) is 0 Å². The highest BCUT2D eigenvalue weighted by Crippen LogP contribution is 2.27. The Balaban J connectivity index is 1.74. The van der Waals surface area contributed by atoms with Gasteiger partial charge in [-0.3, -0.25) is 4.79 Å².